The molecule has 0 saturated heterocycles. The molecule has 0 aromatic heterocycles. The number of hydrogen-bond acceptors (Lipinski definition) is 3. The van der Waals surface area contributed by atoms with Crippen molar-refractivity contribution in [3.63, 3.8) is 0 Å². The number of benzene rings is 1. The zero-order valence-electron chi connectivity index (χ0n) is 8.12. The molecule has 4 nitrogen and oxygen atoms in total. The van der Waals surface area contributed by atoms with Gasteiger partial charge in [0.2, 0.25) is 0 Å². The summed E-state index contributed by atoms with van der Waals surface area (Å²) in [4.78, 5) is 10.5. The molecular weight excluding hydrogens is 263 g/mol. The first kappa shape index (κ1) is 13.6. The van der Waals surface area contributed by atoms with Crippen LogP contribution in [-0.4, -0.2) is 16.2 Å². The summed E-state index contributed by atoms with van der Waals surface area (Å²) in [5.74, 6) is -1.81. The maximum absolute atomic E-state index is 12.7. The van der Waals surface area contributed by atoms with Crippen LogP contribution in [-0.2, 0) is 11.0 Å². The van der Waals surface area contributed by atoms with Crippen LogP contribution in [0.15, 0.2) is 12.1 Å². The van der Waals surface area contributed by atoms with Crippen molar-refractivity contribution in [2.45, 2.75) is 12.3 Å². The van der Waals surface area contributed by atoms with E-state index in [1.165, 1.54) is 0 Å². The Bertz CT molecular complexity index is 462. The van der Waals surface area contributed by atoms with E-state index in [1.807, 2.05) is 0 Å². The lowest BCUT2D eigenvalue weighted by Crippen LogP contribution is -2.18. The van der Waals surface area contributed by atoms with Crippen molar-refractivity contribution in [2.75, 3.05) is 5.73 Å². The van der Waals surface area contributed by atoms with Crippen LogP contribution in [0.25, 0.3) is 0 Å². The third-order valence-electron chi connectivity index (χ3n) is 2.02. The summed E-state index contributed by atoms with van der Waals surface area (Å²) in [5.41, 5.74) is 2.58. The van der Waals surface area contributed by atoms with Crippen molar-refractivity contribution in [2.24, 2.45) is 0 Å². The standard InChI is InChI=1S/C9H7ClF3NO3/c10-6-4(14)2-1-3(7(15)8(16)17)5(6)9(11,12)13/h1-2,7,15H,14H2,(H,16,17). The average Bonchev–Trinajstić information content (AvgIpc) is 2.18. The Morgan fingerprint density at radius 1 is 1.41 bits per heavy atom. The fraction of sp³-hybridized carbons (Fsp3) is 0.222. The van der Waals surface area contributed by atoms with Gasteiger partial charge in [-0.1, -0.05) is 17.7 Å². The normalized spacial score (nSPS) is 13.5. The minimum absolute atomic E-state index is 0.347. The topological polar surface area (TPSA) is 83.5 Å². The number of carboxylic acid groups (broad SMARTS) is 1. The van der Waals surface area contributed by atoms with Crippen LogP contribution >= 0.6 is 11.6 Å². The van der Waals surface area contributed by atoms with Gasteiger partial charge in [0.25, 0.3) is 0 Å². The molecule has 0 aliphatic heterocycles. The number of hydrogen-bond donors (Lipinski definition) is 3. The summed E-state index contributed by atoms with van der Waals surface area (Å²) in [6.45, 7) is 0. The molecule has 0 amide bonds. The highest BCUT2D eigenvalue weighted by Gasteiger charge is 2.39. The van der Waals surface area contributed by atoms with Crippen molar-refractivity contribution >= 4 is 23.3 Å². The fourth-order valence-corrected chi connectivity index (χ4v) is 1.54. The lowest BCUT2D eigenvalue weighted by molar-refractivity contribution is -0.149. The molecule has 17 heavy (non-hydrogen) atoms. The zero-order chi connectivity index (χ0) is 13.4. The number of aliphatic hydroxyl groups is 1. The number of carbonyl (C=O) groups is 1. The molecule has 94 valence electrons. The van der Waals surface area contributed by atoms with Crippen LogP contribution < -0.4 is 5.73 Å². The summed E-state index contributed by atoms with van der Waals surface area (Å²) in [7, 11) is 0. The van der Waals surface area contributed by atoms with Crippen molar-refractivity contribution in [3.8, 4) is 0 Å². The molecule has 0 heterocycles. The molecule has 0 fully saturated rings. The molecule has 1 aromatic rings. The van der Waals surface area contributed by atoms with Crippen molar-refractivity contribution in [1.29, 1.82) is 0 Å². The molecule has 0 spiro atoms. The van der Waals surface area contributed by atoms with Gasteiger partial charge in [-0.25, -0.2) is 4.79 Å². The summed E-state index contributed by atoms with van der Waals surface area (Å²) < 4.78 is 38.0. The molecule has 1 unspecified atom stereocenters. The quantitative estimate of drug-likeness (QED) is 0.718. The number of carboxylic acids is 1. The molecule has 0 aliphatic carbocycles. The molecule has 0 radical (unpaired) electrons. The van der Waals surface area contributed by atoms with Gasteiger partial charge in [-0.2, -0.15) is 13.2 Å². The number of alkyl halides is 3. The minimum Gasteiger partial charge on any atom is -0.479 e. The van der Waals surface area contributed by atoms with Gasteiger partial charge in [0, 0.05) is 5.56 Å². The van der Waals surface area contributed by atoms with Gasteiger partial charge in [0.1, 0.15) is 0 Å². The lowest BCUT2D eigenvalue weighted by atomic mass is 10.0. The Hall–Kier alpha value is -1.47. The summed E-state index contributed by atoms with van der Waals surface area (Å²) >= 11 is 5.38. The van der Waals surface area contributed by atoms with Crippen LogP contribution in [0, 0.1) is 0 Å². The van der Waals surface area contributed by atoms with Crippen LogP contribution in [0.5, 0.6) is 0 Å². The maximum Gasteiger partial charge on any atom is 0.418 e. The number of nitrogens with two attached hydrogens (primary N) is 1. The summed E-state index contributed by atoms with van der Waals surface area (Å²) in [5, 5.41) is 16.8. The monoisotopic (exact) mass is 269 g/mol. The molecule has 0 aliphatic rings. The van der Waals surface area contributed by atoms with E-state index in [-0.39, 0.29) is 5.69 Å². The number of halogens is 4. The lowest BCUT2D eigenvalue weighted by Gasteiger charge is -2.17. The first-order valence-electron chi connectivity index (χ1n) is 4.22. The number of anilines is 1. The van der Waals surface area contributed by atoms with Crippen molar-refractivity contribution < 1.29 is 28.2 Å². The van der Waals surface area contributed by atoms with E-state index in [1.54, 1.807) is 0 Å². The van der Waals surface area contributed by atoms with Gasteiger partial charge in [-0.05, 0) is 6.07 Å². The Kier molecular flexibility index (Phi) is 3.53. The number of rotatable bonds is 2. The Balaban J connectivity index is 3.52. The van der Waals surface area contributed by atoms with E-state index in [0.29, 0.717) is 0 Å². The first-order valence-corrected chi connectivity index (χ1v) is 4.60. The van der Waals surface area contributed by atoms with E-state index in [2.05, 4.69) is 0 Å². The molecular formula is C9H7ClF3NO3. The zero-order valence-corrected chi connectivity index (χ0v) is 8.88. The molecule has 4 N–H and O–H groups in total. The Labute approximate surface area is 98.4 Å². The van der Waals surface area contributed by atoms with Gasteiger partial charge >= 0.3 is 12.1 Å². The second kappa shape index (κ2) is 4.42. The highest BCUT2D eigenvalue weighted by molar-refractivity contribution is 6.34. The predicted octanol–water partition coefficient (Wildman–Crippen LogP) is 2.06. The maximum atomic E-state index is 12.7. The summed E-state index contributed by atoms with van der Waals surface area (Å²) in [6.07, 6.45) is -7.22. The predicted molar refractivity (Wildman–Crippen MR) is 53.5 cm³/mol. The first-order chi connectivity index (χ1) is 7.66. The van der Waals surface area contributed by atoms with E-state index in [0.717, 1.165) is 12.1 Å². The van der Waals surface area contributed by atoms with Crippen LogP contribution in [0.1, 0.15) is 17.2 Å². The molecule has 1 atom stereocenters. The molecule has 0 bridgehead atoms. The van der Waals surface area contributed by atoms with Gasteiger partial charge in [0.05, 0.1) is 16.3 Å². The number of aliphatic hydroxyl groups excluding tert-OH is 1. The van der Waals surface area contributed by atoms with E-state index < -0.39 is 34.4 Å². The van der Waals surface area contributed by atoms with Crippen LogP contribution in [0.4, 0.5) is 18.9 Å². The largest absolute Gasteiger partial charge is 0.479 e. The second-order valence-corrected chi connectivity index (χ2v) is 3.55. The molecule has 1 rings (SSSR count). The van der Waals surface area contributed by atoms with Gasteiger partial charge in [-0.3, -0.25) is 0 Å². The average molecular weight is 270 g/mol. The van der Waals surface area contributed by atoms with Crippen LogP contribution in [0.2, 0.25) is 5.02 Å². The SMILES string of the molecule is Nc1ccc(C(O)C(=O)O)c(C(F)(F)F)c1Cl. The van der Waals surface area contributed by atoms with E-state index in [4.69, 9.17) is 27.5 Å². The third kappa shape index (κ3) is 2.62. The van der Waals surface area contributed by atoms with E-state index >= 15 is 0 Å². The summed E-state index contributed by atoms with van der Waals surface area (Å²) in [6, 6.07) is 1.78. The molecule has 8 heteroatoms. The van der Waals surface area contributed by atoms with Crippen molar-refractivity contribution in [1.82, 2.24) is 0 Å². The minimum atomic E-state index is -4.90. The van der Waals surface area contributed by atoms with E-state index in [9.17, 15) is 18.0 Å². The number of nitrogen functional groups attached to an aromatic ring is 1. The fourth-order valence-electron chi connectivity index (χ4n) is 1.26. The highest BCUT2D eigenvalue weighted by atomic mass is 35.5. The Morgan fingerprint density at radius 2 is 1.94 bits per heavy atom. The van der Waals surface area contributed by atoms with Crippen molar-refractivity contribution in [3.05, 3.63) is 28.3 Å². The van der Waals surface area contributed by atoms with Gasteiger partial charge in [0.15, 0.2) is 6.10 Å². The van der Waals surface area contributed by atoms with Gasteiger partial charge in [-0.15, -0.1) is 0 Å². The Morgan fingerprint density at radius 3 is 2.35 bits per heavy atom. The van der Waals surface area contributed by atoms with Gasteiger partial charge < -0.3 is 15.9 Å². The highest BCUT2D eigenvalue weighted by Crippen LogP contribution is 2.41. The van der Waals surface area contributed by atoms with Crippen LogP contribution in [0.3, 0.4) is 0 Å². The molecule has 0 saturated carbocycles. The second-order valence-electron chi connectivity index (χ2n) is 3.17. The third-order valence-corrected chi connectivity index (χ3v) is 2.42. The number of aliphatic carboxylic acids is 1. The smallest absolute Gasteiger partial charge is 0.418 e. The molecule has 1 aromatic carbocycles.